The highest BCUT2D eigenvalue weighted by molar-refractivity contribution is 9.10. The molecule has 4 nitrogen and oxygen atoms in total. The highest BCUT2D eigenvalue weighted by Gasteiger charge is 2.18. The van der Waals surface area contributed by atoms with Gasteiger partial charge >= 0.3 is 5.69 Å². The van der Waals surface area contributed by atoms with Gasteiger partial charge in [0.15, 0.2) is 0 Å². The van der Waals surface area contributed by atoms with Gasteiger partial charge in [-0.25, -0.2) is 4.79 Å². The lowest BCUT2D eigenvalue weighted by Crippen LogP contribution is -2.13. The Hall–Kier alpha value is -1.08. The molecule has 0 radical (unpaired) electrons. The van der Waals surface area contributed by atoms with Crippen molar-refractivity contribution in [1.82, 2.24) is 9.97 Å². The van der Waals surface area contributed by atoms with Crippen molar-refractivity contribution < 1.29 is 0 Å². The summed E-state index contributed by atoms with van der Waals surface area (Å²) < 4.78 is 1.61. The number of benzene rings is 2. The van der Waals surface area contributed by atoms with Crippen LogP contribution in [-0.4, -0.2) is 9.97 Å². The van der Waals surface area contributed by atoms with Gasteiger partial charge in [-0.05, 0) is 45.3 Å². The van der Waals surface area contributed by atoms with Gasteiger partial charge in [0.05, 0.1) is 22.1 Å². The van der Waals surface area contributed by atoms with Gasteiger partial charge in [0.25, 0.3) is 0 Å². The molecular formula is C14H10Br2ClN3O. The summed E-state index contributed by atoms with van der Waals surface area (Å²) in [5.41, 5.74) is 9.19. The normalized spacial score (nSPS) is 12.8. The molecule has 0 saturated heterocycles. The Morgan fingerprint density at radius 3 is 2.43 bits per heavy atom. The van der Waals surface area contributed by atoms with Crippen molar-refractivity contribution >= 4 is 54.5 Å². The number of fused-ring (bicyclic) bond motifs is 1. The number of hydrogen-bond donors (Lipinski definition) is 3. The van der Waals surface area contributed by atoms with E-state index in [-0.39, 0.29) is 5.69 Å². The molecule has 0 spiro atoms. The summed E-state index contributed by atoms with van der Waals surface area (Å²) in [4.78, 5) is 16.8. The molecule has 0 saturated carbocycles. The minimum absolute atomic E-state index is 0.247. The number of hydrogen-bond acceptors (Lipinski definition) is 2. The number of imidazole rings is 1. The monoisotopic (exact) mass is 429 g/mol. The Morgan fingerprint density at radius 1 is 1.05 bits per heavy atom. The number of H-pyrrole nitrogens is 2. The topological polar surface area (TPSA) is 74.7 Å². The molecule has 1 aromatic heterocycles. The van der Waals surface area contributed by atoms with Gasteiger partial charge < -0.3 is 15.7 Å². The van der Waals surface area contributed by atoms with Crippen molar-refractivity contribution in [2.75, 3.05) is 0 Å². The molecule has 0 aliphatic rings. The van der Waals surface area contributed by atoms with E-state index in [2.05, 4.69) is 41.8 Å². The van der Waals surface area contributed by atoms with Crippen LogP contribution in [0.2, 0.25) is 5.02 Å². The van der Waals surface area contributed by atoms with Crippen molar-refractivity contribution in [3.63, 3.8) is 0 Å². The zero-order valence-electron chi connectivity index (χ0n) is 10.6. The fraction of sp³-hybridized carbons (Fsp3) is 0.0714. The van der Waals surface area contributed by atoms with Crippen LogP contribution in [0.3, 0.4) is 0 Å². The first kappa shape index (κ1) is 14.8. The number of aromatic amines is 2. The van der Waals surface area contributed by atoms with E-state index in [1.54, 1.807) is 0 Å². The Bertz CT molecular complexity index is 888. The molecule has 2 aromatic carbocycles. The lowest BCUT2D eigenvalue weighted by molar-refractivity contribution is 0.867. The van der Waals surface area contributed by atoms with Gasteiger partial charge in [-0.3, -0.25) is 0 Å². The molecule has 1 unspecified atom stereocenters. The third kappa shape index (κ3) is 2.68. The molecule has 0 fully saturated rings. The van der Waals surface area contributed by atoms with Gasteiger partial charge in [-0.1, -0.05) is 39.7 Å². The zero-order valence-corrected chi connectivity index (χ0v) is 14.5. The van der Waals surface area contributed by atoms with Crippen molar-refractivity contribution in [3.05, 3.63) is 65.9 Å². The van der Waals surface area contributed by atoms with Gasteiger partial charge in [0, 0.05) is 8.95 Å². The molecule has 108 valence electrons. The Morgan fingerprint density at radius 2 is 1.71 bits per heavy atom. The molecular weight excluding hydrogens is 421 g/mol. The second-order valence-corrected chi connectivity index (χ2v) is 6.71. The lowest BCUT2D eigenvalue weighted by atomic mass is 9.99. The van der Waals surface area contributed by atoms with E-state index < -0.39 is 6.04 Å². The summed E-state index contributed by atoms with van der Waals surface area (Å²) in [6.07, 6.45) is 0. The smallest absolute Gasteiger partial charge is 0.320 e. The molecule has 1 heterocycles. The minimum atomic E-state index is -0.410. The molecule has 0 bridgehead atoms. The summed E-state index contributed by atoms with van der Waals surface area (Å²) in [6.45, 7) is 0. The van der Waals surface area contributed by atoms with Crippen LogP contribution in [-0.2, 0) is 0 Å². The van der Waals surface area contributed by atoms with Crippen molar-refractivity contribution in [1.29, 1.82) is 0 Å². The number of halogens is 3. The predicted molar refractivity (Wildman–Crippen MR) is 91.8 cm³/mol. The summed E-state index contributed by atoms with van der Waals surface area (Å²) in [7, 11) is 0. The summed E-state index contributed by atoms with van der Waals surface area (Å²) in [6, 6.07) is 8.89. The van der Waals surface area contributed by atoms with Crippen LogP contribution in [0, 0.1) is 0 Å². The average Bonchev–Trinajstić information content (AvgIpc) is 2.79. The maximum Gasteiger partial charge on any atom is 0.323 e. The molecule has 7 heteroatoms. The van der Waals surface area contributed by atoms with Crippen LogP contribution >= 0.6 is 43.5 Å². The van der Waals surface area contributed by atoms with Gasteiger partial charge in [0.1, 0.15) is 0 Å². The SMILES string of the molecule is NC(c1cc2[nH]c(=O)[nH]c2cc1Br)c1cccc(Br)c1Cl. The quantitative estimate of drug-likeness (QED) is 0.572. The molecule has 0 amide bonds. The van der Waals surface area contributed by atoms with Crippen LogP contribution in [0.4, 0.5) is 0 Å². The van der Waals surface area contributed by atoms with E-state index in [9.17, 15) is 4.79 Å². The fourth-order valence-corrected chi connectivity index (χ4v) is 3.45. The van der Waals surface area contributed by atoms with E-state index in [1.165, 1.54) is 0 Å². The Balaban J connectivity index is 2.16. The standard InChI is InChI=1S/C14H10Br2ClN3O/c15-8-3-1-2-6(12(8)17)13(18)7-4-10-11(5-9(7)16)20-14(21)19-10/h1-5,13H,18H2,(H2,19,20,21). The lowest BCUT2D eigenvalue weighted by Gasteiger charge is -2.16. The molecule has 4 N–H and O–H groups in total. The average molecular weight is 432 g/mol. The van der Waals surface area contributed by atoms with E-state index >= 15 is 0 Å². The molecule has 1 atom stereocenters. The number of aromatic nitrogens is 2. The second kappa shape index (κ2) is 5.61. The van der Waals surface area contributed by atoms with Crippen molar-refractivity contribution in [2.45, 2.75) is 6.04 Å². The van der Waals surface area contributed by atoms with Gasteiger partial charge in [-0.2, -0.15) is 0 Å². The molecule has 0 aliphatic carbocycles. The minimum Gasteiger partial charge on any atom is -0.320 e. The maximum atomic E-state index is 11.4. The first-order valence-electron chi connectivity index (χ1n) is 6.08. The van der Waals surface area contributed by atoms with Crippen LogP contribution in [0.5, 0.6) is 0 Å². The van der Waals surface area contributed by atoms with Gasteiger partial charge in [0.2, 0.25) is 0 Å². The Labute approximate surface area is 142 Å². The fourth-order valence-electron chi connectivity index (χ4n) is 2.24. The number of nitrogens with one attached hydrogen (secondary N) is 2. The van der Waals surface area contributed by atoms with E-state index in [0.29, 0.717) is 10.5 Å². The highest BCUT2D eigenvalue weighted by atomic mass is 79.9. The highest BCUT2D eigenvalue weighted by Crippen LogP contribution is 2.35. The second-order valence-electron chi connectivity index (χ2n) is 4.62. The molecule has 0 aliphatic heterocycles. The van der Waals surface area contributed by atoms with E-state index in [1.807, 2.05) is 30.3 Å². The van der Waals surface area contributed by atoms with E-state index in [0.717, 1.165) is 25.6 Å². The molecule has 3 rings (SSSR count). The molecule has 21 heavy (non-hydrogen) atoms. The van der Waals surface area contributed by atoms with Crippen LogP contribution in [0.1, 0.15) is 17.2 Å². The van der Waals surface area contributed by atoms with E-state index in [4.69, 9.17) is 17.3 Å². The number of rotatable bonds is 2. The largest absolute Gasteiger partial charge is 0.323 e. The summed E-state index contributed by atoms with van der Waals surface area (Å²) in [5.74, 6) is 0. The van der Waals surface area contributed by atoms with Crippen molar-refractivity contribution in [3.8, 4) is 0 Å². The van der Waals surface area contributed by atoms with Crippen molar-refractivity contribution in [2.24, 2.45) is 5.73 Å². The predicted octanol–water partition coefficient (Wildman–Crippen LogP) is 4.08. The third-order valence-corrected chi connectivity index (χ3v) is 5.28. The van der Waals surface area contributed by atoms with Gasteiger partial charge in [-0.15, -0.1) is 0 Å². The van der Waals surface area contributed by atoms with Crippen LogP contribution in [0.15, 0.2) is 44.1 Å². The Kier molecular flexibility index (Phi) is 3.96. The van der Waals surface area contributed by atoms with Crippen LogP contribution < -0.4 is 11.4 Å². The molecule has 3 aromatic rings. The summed E-state index contributed by atoms with van der Waals surface area (Å²) >= 11 is 13.2. The number of nitrogens with two attached hydrogens (primary N) is 1. The third-order valence-electron chi connectivity index (χ3n) is 3.28. The summed E-state index contributed by atoms with van der Waals surface area (Å²) in [5, 5.41) is 0.583. The first-order chi connectivity index (χ1) is 9.97. The zero-order chi connectivity index (χ0) is 15.1. The van der Waals surface area contributed by atoms with Crippen LogP contribution in [0.25, 0.3) is 11.0 Å². The first-order valence-corrected chi connectivity index (χ1v) is 8.04. The maximum absolute atomic E-state index is 11.4.